The monoisotopic (exact) mass is 409 g/mol. The molecule has 0 aliphatic carbocycles. The van der Waals surface area contributed by atoms with Crippen LogP contribution in [-0.2, 0) is 9.53 Å². The molecule has 1 amide bonds. The first-order valence-electron chi connectivity index (χ1n) is 9.89. The van der Waals surface area contributed by atoms with Crippen molar-refractivity contribution in [1.29, 1.82) is 0 Å². The van der Waals surface area contributed by atoms with Gasteiger partial charge >= 0.3 is 5.97 Å². The zero-order chi connectivity index (χ0) is 20.9. The zero-order valence-corrected chi connectivity index (χ0v) is 16.5. The van der Waals surface area contributed by atoms with Crippen LogP contribution in [0.1, 0.15) is 10.4 Å². The van der Waals surface area contributed by atoms with Crippen LogP contribution < -0.4 is 0 Å². The van der Waals surface area contributed by atoms with E-state index in [2.05, 4.69) is 9.88 Å². The van der Waals surface area contributed by atoms with Gasteiger partial charge in [0.05, 0.1) is 17.7 Å². The molecule has 8 nitrogen and oxygen atoms in total. The van der Waals surface area contributed by atoms with Crippen molar-refractivity contribution >= 4 is 23.0 Å². The summed E-state index contributed by atoms with van der Waals surface area (Å²) in [6, 6.07) is 14.3. The summed E-state index contributed by atoms with van der Waals surface area (Å²) in [6.07, 6.45) is 0. The minimum atomic E-state index is -0.597. The fourth-order valence-electron chi connectivity index (χ4n) is 3.49. The van der Waals surface area contributed by atoms with Crippen molar-refractivity contribution in [2.45, 2.75) is 0 Å². The van der Waals surface area contributed by atoms with Gasteiger partial charge in [-0.05, 0) is 24.3 Å². The third-order valence-corrected chi connectivity index (χ3v) is 5.14. The highest BCUT2D eigenvalue weighted by molar-refractivity contribution is 5.97. The fourth-order valence-corrected chi connectivity index (χ4v) is 3.49. The summed E-state index contributed by atoms with van der Waals surface area (Å²) in [5.74, 6) is -0.499. The van der Waals surface area contributed by atoms with E-state index in [4.69, 9.17) is 14.3 Å². The van der Waals surface area contributed by atoms with Gasteiger partial charge in [0.25, 0.3) is 5.91 Å². The fraction of sp³-hybridized carbons (Fsp3) is 0.318. The van der Waals surface area contributed by atoms with Crippen LogP contribution in [0.4, 0.5) is 0 Å². The molecule has 2 aromatic carbocycles. The molecule has 0 spiro atoms. The summed E-state index contributed by atoms with van der Waals surface area (Å²) in [5, 5.41) is 9.00. The number of amides is 1. The van der Waals surface area contributed by atoms with E-state index in [1.165, 1.54) is 0 Å². The Hall–Kier alpha value is -3.23. The lowest BCUT2D eigenvalue weighted by molar-refractivity contribution is -0.136. The normalized spacial score (nSPS) is 14.8. The van der Waals surface area contributed by atoms with Crippen LogP contribution in [0.5, 0.6) is 0 Å². The number of oxazole rings is 1. The Morgan fingerprint density at radius 3 is 2.53 bits per heavy atom. The average molecular weight is 409 g/mol. The molecule has 0 saturated carbocycles. The van der Waals surface area contributed by atoms with Crippen LogP contribution in [0.15, 0.2) is 52.9 Å². The van der Waals surface area contributed by atoms with Crippen molar-refractivity contribution in [3.8, 4) is 11.5 Å². The maximum absolute atomic E-state index is 12.7. The summed E-state index contributed by atoms with van der Waals surface area (Å²) in [4.78, 5) is 33.3. The van der Waals surface area contributed by atoms with E-state index in [0.29, 0.717) is 60.8 Å². The lowest BCUT2D eigenvalue weighted by atomic mass is 10.1. The Balaban J connectivity index is 1.41. The predicted molar refractivity (Wildman–Crippen MR) is 110 cm³/mol. The molecule has 4 rings (SSSR count). The number of hydrogen-bond acceptors (Lipinski definition) is 7. The van der Waals surface area contributed by atoms with E-state index in [0.717, 1.165) is 0 Å². The minimum Gasteiger partial charge on any atom is -0.452 e. The van der Waals surface area contributed by atoms with Crippen molar-refractivity contribution in [3.05, 3.63) is 54.1 Å². The highest BCUT2D eigenvalue weighted by Gasteiger charge is 2.23. The molecule has 156 valence electrons. The maximum Gasteiger partial charge on any atom is 0.339 e. The molecular weight excluding hydrogens is 386 g/mol. The second kappa shape index (κ2) is 9.06. The summed E-state index contributed by atoms with van der Waals surface area (Å²) in [5.41, 5.74) is 2.14. The molecule has 1 aromatic heterocycles. The number of para-hydroxylation sites is 2. The van der Waals surface area contributed by atoms with Gasteiger partial charge in [0, 0.05) is 32.7 Å². The lowest BCUT2D eigenvalue weighted by Crippen LogP contribution is -2.50. The topological polar surface area (TPSA) is 96.1 Å². The molecule has 0 bridgehead atoms. The first-order valence-corrected chi connectivity index (χ1v) is 9.89. The number of rotatable bonds is 6. The smallest absolute Gasteiger partial charge is 0.339 e. The molecule has 3 aromatic rings. The molecule has 0 unspecified atom stereocenters. The number of piperazine rings is 1. The number of β-amino-alcohol motifs (C(OH)–C–C–N with tert-alkyl or cyclic N) is 1. The number of hydrogen-bond donors (Lipinski definition) is 1. The Morgan fingerprint density at radius 1 is 1.03 bits per heavy atom. The number of esters is 1. The number of aliphatic hydroxyl groups is 1. The molecule has 1 fully saturated rings. The number of carbonyl (C=O) groups is 2. The molecule has 1 aliphatic rings. The highest BCUT2D eigenvalue weighted by atomic mass is 16.5. The van der Waals surface area contributed by atoms with Crippen LogP contribution in [0.25, 0.3) is 22.6 Å². The van der Waals surface area contributed by atoms with Crippen LogP contribution in [0, 0.1) is 0 Å². The minimum absolute atomic E-state index is 0.102. The van der Waals surface area contributed by atoms with Crippen molar-refractivity contribution in [3.63, 3.8) is 0 Å². The average Bonchev–Trinajstić information content (AvgIpc) is 3.22. The SMILES string of the molecule is O=C(OCC(=O)N1CCN(CCO)CC1)c1ccccc1-c1nc2ccccc2o1. The molecule has 8 heteroatoms. The van der Waals surface area contributed by atoms with E-state index in [-0.39, 0.29) is 19.1 Å². The zero-order valence-electron chi connectivity index (χ0n) is 16.5. The number of aliphatic hydroxyl groups excluding tert-OH is 1. The molecule has 1 saturated heterocycles. The predicted octanol–water partition coefficient (Wildman–Crippen LogP) is 1.79. The first kappa shape index (κ1) is 20.1. The third-order valence-electron chi connectivity index (χ3n) is 5.14. The summed E-state index contributed by atoms with van der Waals surface area (Å²) in [6.45, 7) is 2.88. The van der Waals surface area contributed by atoms with Crippen molar-refractivity contribution in [2.75, 3.05) is 45.9 Å². The molecule has 0 radical (unpaired) electrons. The van der Waals surface area contributed by atoms with Gasteiger partial charge in [-0.2, -0.15) is 0 Å². The van der Waals surface area contributed by atoms with Gasteiger partial charge in [-0.1, -0.05) is 24.3 Å². The number of fused-ring (bicyclic) bond motifs is 1. The van der Waals surface area contributed by atoms with Crippen LogP contribution >= 0.6 is 0 Å². The van der Waals surface area contributed by atoms with Gasteiger partial charge < -0.3 is 19.2 Å². The van der Waals surface area contributed by atoms with Gasteiger partial charge in [0.2, 0.25) is 5.89 Å². The Kier molecular flexibility index (Phi) is 6.06. The largest absolute Gasteiger partial charge is 0.452 e. The summed E-state index contributed by atoms with van der Waals surface area (Å²) in [7, 11) is 0. The molecule has 1 aliphatic heterocycles. The van der Waals surface area contributed by atoms with Crippen LogP contribution in [-0.4, -0.2) is 77.7 Å². The Bertz CT molecular complexity index is 1010. The second-order valence-electron chi connectivity index (χ2n) is 7.05. The summed E-state index contributed by atoms with van der Waals surface area (Å²) < 4.78 is 11.1. The highest BCUT2D eigenvalue weighted by Crippen LogP contribution is 2.27. The molecular formula is C22H23N3O5. The standard InChI is InChI=1S/C22H23N3O5/c26-14-13-24-9-11-25(12-10-24)20(27)15-29-22(28)17-6-2-1-5-16(17)21-23-18-7-3-4-8-19(18)30-21/h1-8,26H,9-15H2. The van der Waals surface area contributed by atoms with Gasteiger partial charge in [-0.3, -0.25) is 9.69 Å². The van der Waals surface area contributed by atoms with E-state index in [1.807, 2.05) is 24.3 Å². The quantitative estimate of drug-likeness (QED) is 0.620. The van der Waals surface area contributed by atoms with Crippen molar-refractivity contribution in [1.82, 2.24) is 14.8 Å². The molecule has 2 heterocycles. The van der Waals surface area contributed by atoms with E-state index < -0.39 is 5.97 Å². The number of carbonyl (C=O) groups excluding carboxylic acids is 2. The first-order chi connectivity index (χ1) is 14.7. The maximum atomic E-state index is 12.7. The number of ether oxygens (including phenoxy) is 1. The number of aromatic nitrogens is 1. The summed E-state index contributed by atoms with van der Waals surface area (Å²) >= 11 is 0. The Morgan fingerprint density at radius 2 is 1.77 bits per heavy atom. The van der Waals surface area contributed by atoms with E-state index in [1.54, 1.807) is 29.2 Å². The van der Waals surface area contributed by atoms with Crippen molar-refractivity contribution < 1.29 is 23.8 Å². The Labute approximate surface area is 173 Å². The van der Waals surface area contributed by atoms with Crippen LogP contribution in [0.3, 0.4) is 0 Å². The van der Waals surface area contributed by atoms with Gasteiger partial charge in [0.15, 0.2) is 12.2 Å². The third kappa shape index (κ3) is 4.34. The van der Waals surface area contributed by atoms with Gasteiger partial charge in [0.1, 0.15) is 5.52 Å². The molecule has 0 atom stereocenters. The van der Waals surface area contributed by atoms with E-state index in [9.17, 15) is 9.59 Å². The van der Waals surface area contributed by atoms with Gasteiger partial charge in [-0.15, -0.1) is 0 Å². The van der Waals surface area contributed by atoms with Crippen molar-refractivity contribution in [2.24, 2.45) is 0 Å². The van der Waals surface area contributed by atoms with E-state index >= 15 is 0 Å². The molecule has 1 N–H and O–H groups in total. The van der Waals surface area contributed by atoms with Crippen LogP contribution in [0.2, 0.25) is 0 Å². The second-order valence-corrected chi connectivity index (χ2v) is 7.05. The number of nitrogens with zero attached hydrogens (tertiary/aromatic N) is 3. The number of benzene rings is 2. The lowest BCUT2D eigenvalue weighted by Gasteiger charge is -2.34. The molecule has 30 heavy (non-hydrogen) atoms. The van der Waals surface area contributed by atoms with Gasteiger partial charge in [-0.25, -0.2) is 9.78 Å².